The highest BCUT2D eigenvalue weighted by atomic mass is 19.4. The Labute approximate surface area is 193 Å². The summed E-state index contributed by atoms with van der Waals surface area (Å²) in [6.07, 6.45) is 0.309. The summed E-state index contributed by atoms with van der Waals surface area (Å²) >= 11 is 0. The third-order valence-corrected chi connectivity index (χ3v) is 5.71. The first-order chi connectivity index (χ1) is 16.3. The number of morpholine rings is 1. The zero-order valence-corrected chi connectivity index (χ0v) is 17.9. The van der Waals surface area contributed by atoms with E-state index in [1.54, 1.807) is 48.8 Å². The van der Waals surface area contributed by atoms with Gasteiger partial charge >= 0.3 is 12.2 Å². The summed E-state index contributed by atoms with van der Waals surface area (Å²) in [5.41, 5.74) is 0.451. The number of fused-ring (bicyclic) bond motifs is 2. The van der Waals surface area contributed by atoms with Gasteiger partial charge in [-0.3, -0.25) is 4.98 Å². The number of alkyl halides is 3. The van der Waals surface area contributed by atoms with E-state index in [1.165, 1.54) is 0 Å². The quantitative estimate of drug-likeness (QED) is 0.581. The molecule has 3 aromatic rings. The molecule has 5 rings (SSSR count). The molecule has 34 heavy (non-hydrogen) atoms. The van der Waals surface area contributed by atoms with Crippen molar-refractivity contribution in [3.8, 4) is 11.4 Å². The van der Waals surface area contributed by atoms with Crippen molar-refractivity contribution in [1.82, 2.24) is 15.0 Å². The molecule has 176 valence electrons. The molecule has 2 unspecified atom stereocenters. The van der Waals surface area contributed by atoms with Gasteiger partial charge in [-0.25, -0.2) is 14.8 Å². The number of hydrogen-bond donors (Lipinski definition) is 2. The minimum Gasteiger partial charge on any atom is -0.371 e. The first kappa shape index (κ1) is 22.1. The van der Waals surface area contributed by atoms with Gasteiger partial charge in [-0.05, 0) is 49.2 Å². The Bertz CT molecular complexity index is 1160. The van der Waals surface area contributed by atoms with Crippen molar-refractivity contribution in [2.45, 2.75) is 31.2 Å². The van der Waals surface area contributed by atoms with Crippen molar-refractivity contribution in [3.63, 3.8) is 0 Å². The minimum absolute atomic E-state index is 0.00940. The molecular formula is C23H21F3N6O2. The number of hydrogen-bond acceptors (Lipinski definition) is 6. The summed E-state index contributed by atoms with van der Waals surface area (Å²) in [6, 6.07) is 10.1. The molecule has 2 amide bonds. The molecule has 2 aliphatic heterocycles. The van der Waals surface area contributed by atoms with Crippen LogP contribution >= 0.6 is 0 Å². The van der Waals surface area contributed by atoms with Crippen LogP contribution in [0.25, 0.3) is 11.4 Å². The molecule has 2 aromatic heterocycles. The highest BCUT2D eigenvalue weighted by molar-refractivity contribution is 5.99. The van der Waals surface area contributed by atoms with E-state index in [2.05, 4.69) is 25.6 Å². The van der Waals surface area contributed by atoms with Gasteiger partial charge in [0.15, 0.2) is 11.5 Å². The monoisotopic (exact) mass is 470 g/mol. The second kappa shape index (κ2) is 8.90. The van der Waals surface area contributed by atoms with Gasteiger partial charge in [0.05, 0.1) is 12.2 Å². The molecule has 0 spiro atoms. The van der Waals surface area contributed by atoms with Crippen LogP contribution in [0.4, 0.5) is 35.2 Å². The number of carbonyl (C=O) groups is 1. The maximum atomic E-state index is 13.6. The van der Waals surface area contributed by atoms with E-state index in [4.69, 9.17) is 4.74 Å². The number of urea groups is 1. The molecule has 8 nitrogen and oxygen atoms in total. The molecule has 2 atom stereocenters. The Kier molecular flexibility index (Phi) is 5.78. The van der Waals surface area contributed by atoms with Crippen molar-refractivity contribution < 1.29 is 22.7 Å². The summed E-state index contributed by atoms with van der Waals surface area (Å²) in [6.45, 7) is 0.999. The lowest BCUT2D eigenvalue weighted by Gasteiger charge is -2.33. The van der Waals surface area contributed by atoms with Crippen LogP contribution in [0, 0.1) is 0 Å². The lowest BCUT2D eigenvalue weighted by Crippen LogP contribution is -2.43. The lowest BCUT2D eigenvalue weighted by atomic mass is 10.2. The van der Waals surface area contributed by atoms with E-state index in [0.717, 1.165) is 18.9 Å². The van der Waals surface area contributed by atoms with E-state index >= 15 is 0 Å². The predicted molar refractivity (Wildman–Crippen MR) is 119 cm³/mol. The molecular weight excluding hydrogens is 449 g/mol. The molecule has 4 heterocycles. The van der Waals surface area contributed by atoms with Crippen LogP contribution in [0.2, 0.25) is 0 Å². The zero-order chi connectivity index (χ0) is 23.7. The number of aromatic nitrogens is 3. The van der Waals surface area contributed by atoms with Crippen molar-refractivity contribution >= 4 is 23.2 Å². The molecule has 2 N–H and O–H groups in total. The number of nitrogens with one attached hydrogen (secondary N) is 2. The average Bonchev–Trinajstić information content (AvgIpc) is 3.16. The average molecular weight is 470 g/mol. The molecule has 0 aliphatic carbocycles. The number of carbonyl (C=O) groups excluding carboxylic acids is 1. The highest BCUT2D eigenvalue weighted by Gasteiger charge is 2.37. The first-order valence-electron chi connectivity index (χ1n) is 10.8. The third kappa shape index (κ3) is 4.93. The fourth-order valence-corrected chi connectivity index (χ4v) is 4.10. The number of amides is 2. The van der Waals surface area contributed by atoms with Crippen LogP contribution in [-0.4, -0.2) is 46.3 Å². The van der Waals surface area contributed by atoms with E-state index in [9.17, 15) is 18.0 Å². The Morgan fingerprint density at radius 3 is 2.18 bits per heavy atom. The fraction of sp³-hybridized carbons (Fsp3) is 0.304. The van der Waals surface area contributed by atoms with Crippen molar-refractivity contribution in [2.24, 2.45) is 0 Å². The van der Waals surface area contributed by atoms with Crippen molar-refractivity contribution in [1.29, 1.82) is 0 Å². The van der Waals surface area contributed by atoms with Crippen LogP contribution in [0.3, 0.4) is 0 Å². The Morgan fingerprint density at radius 2 is 1.56 bits per heavy atom. The summed E-state index contributed by atoms with van der Waals surface area (Å²) < 4.78 is 46.6. The van der Waals surface area contributed by atoms with E-state index in [1.807, 2.05) is 4.90 Å². The lowest BCUT2D eigenvalue weighted by molar-refractivity contribution is -0.141. The van der Waals surface area contributed by atoms with Crippen LogP contribution in [0.5, 0.6) is 0 Å². The van der Waals surface area contributed by atoms with E-state index < -0.39 is 17.9 Å². The summed E-state index contributed by atoms with van der Waals surface area (Å²) in [5, 5.41) is 5.33. The standard InChI is InChI=1S/C23H21F3N6O2/c24-23(25,26)19-11-20(32-12-17-5-6-18(13-32)34-17)31-21(30-19)14-1-3-15(4-2-14)28-22(33)29-16-7-9-27-10-8-16/h1-4,7-11,17-18H,5-6,12-13H2,(H2,27,28,29,33). The van der Waals surface area contributed by atoms with Gasteiger partial charge in [-0.15, -0.1) is 0 Å². The van der Waals surface area contributed by atoms with Gasteiger partial charge in [0.25, 0.3) is 0 Å². The molecule has 2 saturated heterocycles. The summed E-state index contributed by atoms with van der Waals surface area (Å²) in [5.74, 6) is 0.202. The van der Waals surface area contributed by atoms with Crippen molar-refractivity contribution in [2.75, 3.05) is 28.6 Å². The van der Waals surface area contributed by atoms with Crippen LogP contribution in [-0.2, 0) is 10.9 Å². The van der Waals surface area contributed by atoms with Gasteiger partial charge in [0.2, 0.25) is 0 Å². The highest BCUT2D eigenvalue weighted by Crippen LogP contribution is 2.34. The molecule has 11 heteroatoms. The number of rotatable bonds is 4. The minimum atomic E-state index is -4.61. The number of nitrogens with zero attached hydrogens (tertiary/aromatic N) is 4. The second-order valence-electron chi connectivity index (χ2n) is 8.19. The van der Waals surface area contributed by atoms with Gasteiger partial charge in [-0.1, -0.05) is 0 Å². The molecule has 1 aromatic carbocycles. The Hall–Kier alpha value is -3.73. The number of anilines is 3. The number of benzene rings is 1. The summed E-state index contributed by atoms with van der Waals surface area (Å²) in [7, 11) is 0. The van der Waals surface area contributed by atoms with Gasteiger partial charge < -0.3 is 20.3 Å². The molecule has 0 radical (unpaired) electrons. The maximum absolute atomic E-state index is 13.6. The second-order valence-corrected chi connectivity index (χ2v) is 8.19. The van der Waals surface area contributed by atoms with Gasteiger partial charge in [-0.2, -0.15) is 13.2 Å². The normalized spacial score (nSPS) is 19.7. The van der Waals surface area contributed by atoms with Crippen LogP contribution in [0.15, 0.2) is 54.9 Å². The van der Waals surface area contributed by atoms with E-state index in [-0.39, 0.29) is 23.9 Å². The zero-order valence-electron chi connectivity index (χ0n) is 17.9. The maximum Gasteiger partial charge on any atom is 0.433 e. The predicted octanol–water partition coefficient (Wildman–Crippen LogP) is 4.57. The van der Waals surface area contributed by atoms with Crippen molar-refractivity contribution in [3.05, 3.63) is 60.6 Å². The molecule has 0 saturated carbocycles. The molecule has 2 aliphatic rings. The van der Waals surface area contributed by atoms with Gasteiger partial charge in [0.1, 0.15) is 5.82 Å². The Balaban J connectivity index is 1.36. The topological polar surface area (TPSA) is 92.3 Å². The Morgan fingerprint density at radius 1 is 0.941 bits per heavy atom. The number of halogens is 3. The number of ether oxygens (including phenoxy) is 1. The first-order valence-corrected chi connectivity index (χ1v) is 10.8. The number of pyridine rings is 1. The smallest absolute Gasteiger partial charge is 0.371 e. The largest absolute Gasteiger partial charge is 0.433 e. The van der Waals surface area contributed by atoms with Gasteiger partial charge in [0, 0.05) is 48.5 Å². The fourth-order valence-electron chi connectivity index (χ4n) is 4.10. The molecule has 2 fully saturated rings. The molecule has 2 bridgehead atoms. The van der Waals surface area contributed by atoms with Crippen LogP contribution < -0.4 is 15.5 Å². The summed E-state index contributed by atoms with van der Waals surface area (Å²) in [4.78, 5) is 26.1. The van der Waals surface area contributed by atoms with E-state index in [0.29, 0.717) is 30.0 Å². The van der Waals surface area contributed by atoms with Crippen LogP contribution in [0.1, 0.15) is 18.5 Å². The third-order valence-electron chi connectivity index (χ3n) is 5.71. The SMILES string of the molecule is O=C(Nc1ccncc1)Nc1ccc(-c2nc(N3CC4CCC(C3)O4)cc(C(F)(F)F)n2)cc1.